The molecule has 2 unspecified atom stereocenters. The fraction of sp³-hybridized carbons (Fsp3) is 0.625. The first-order chi connectivity index (χ1) is 9.33. The number of ether oxygens (including phenoxy) is 1. The molecule has 1 heterocycles. The van der Waals surface area contributed by atoms with Gasteiger partial charge >= 0.3 is 0 Å². The summed E-state index contributed by atoms with van der Waals surface area (Å²) in [5.41, 5.74) is 6.52. The smallest absolute Gasteiger partial charge is 0.121 e. The first-order valence-electron chi connectivity index (χ1n) is 7.55. The van der Waals surface area contributed by atoms with E-state index in [0.717, 1.165) is 36.5 Å². The molecule has 3 rings (SSSR count). The summed E-state index contributed by atoms with van der Waals surface area (Å²) < 4.78 is 5.82. The van der Waals surface area contributed by atoms with Gasteiger partial charge in [0.1, 0.15) is 12.4 Å². The fourth-order valence-corrected chi connectivity index (χ4v) is 3.72. The summed E-state index contributed by atoms with van der Waals surface area (Å²) in [6, 6.07) is 8.54. The Hall–Kier alpha value is -1.22. The average molecular weight is 260 g/mol. The minimum Gasteiger partial charge on any atom is -0.492 e. The lowest BCUT2D eigenvalue weighted by Gasteiger charge is -2.37. The van der Waals surface area contributed by atoms with Gasteiger partial charge in [0.25, 0.3) is 0 Å². The van der Waals surface area contributed by atoms with Crippen molar-refractivity contribution in [2.45, 2.75) is 38.1 Å². The predicted octanol–water partition coefficient (Wildman–Crippen LogP) is 2.91. The van der Waals surface area contributed by atoms with Gasteiger partial charge in [-0.3, -0.25) is 4.90 Å². The number of piperidine rings is 1. The van der Waals surface area contributed by atoms with Crippen molar-refractivity contribution in [3.8, 4) is 5.75 Å². The maximum atomic E-state index is 5.82. The molecule has 1 aromatic rings. The first kappa shape index (κ1) is 12.8. The SMILES string of the molecule is Nc1cccc(OCCN2CCCC3CCCC32)c1. The Morgan fingerprint density at radius 1 is 1.21 bits per heavy atom. The van der Waals surface area contributed by atoms with E-state index < -0.39 is 0 Å². The van der Waals surface area contributed by atoms with E-state index in [0.29, 0.717) is 0 Å². The van der Waals surface area contributed by atoms with E-state index >= 15 is 0 Å². The molecule has 0 radical (unpaired) electrons. The van der Waals surface area contributed by atoms with Crippen molar-refractivity contribution in [3.05, 3.63) is 24.3 Å². The van der Waals surface area contributed by atoms with Crippen molar-refractivity contribution in [2.24, 2.45) is 5.92 Å². The maximum Gasteiger partial charge on any atom is 0.121 e. The van der Waals surface area contributed by atoms with Crippen molar-refractivity contribution in [1.82, 2.24) is 4.90 Å². The van der Waals surface area contributed by atoms with Crippen LogP contribution in [0.2, 0.25) is 0 Å². The molecule has 0 amide bonds. The van der Waals surface area contributed by atoms with Crippen LogP contribution in [0.15, 0.2) is 24.3 Å². The number of nitrogens with zero attached hydrogens (tertiary/aromatic N) is 1. The highest BCUT2D eigenvalue weighted by atomic mass is 16.5. The highest BCUT2D eigenvalue weighted by Crippen LogP contribution is 2.36. The van der Waals surface area contributed by atoms with E-state index in [4.69, 9.17) is 10.5 Å². The van der Waals surface area contributed by atoms with Crippen molar-refractivity contribution in [1.29, 1.82) is 0 Å². The molecule has 1 saturated heterocycles. The van der Waals surface area contributed by atoms with Crippen LogP contribution in [0.25, 0.3) is 0 Å². The second-order valence-electron chi connectivity index (χ2n) is 5.86. The van der Waals surface area contributed by atoms with Crippen LogP contribution in [0.3, 0.4) is 0 Å². The molecule has 2 aliphatic rings. The normalized spacial score (nSPS) is 27.2. The van der Waals surface area contributed by atoms with Gasteiger partial charge in [0, 0.05) is 24.3 Å². The maximum absolute atomic E-state index is 5.82. The lowest BCUT2D eigenvalue weighted by atomic mass is 9.92. The first-order valence-corrected chi connectivity index (χ1v) is 7.55. The third-order valence-electron chi connectivity index (χ3n) is 4.61. The van der Waals surface area contributed by atoms with Gasteiger partial charge in [-0.15, -0.1) is 0 Å². The zero-order valence-corrected chi connectivity index (χ0v) is 11.6. The Labute approximate surface area is 115 Å². The molecule has 0 aromatic heterocycles. The van der Waals surface area contributed by atoms with Crippen molar-refractivity contribution >= 4 is 5.69 Å². The Kier molecular flexibility index (Phi) is 3.92. The number of likely N-dealkylation sites (tertiary alicyclic amines) is 1. The number of hydrogen-bond donors (Lipinski definition) is 1. The van der Waals surface area contributed by atoms with E-state index in [1.807, 2.05) is 24.3 Å². The van der Waals surface area contributed by atoms with Crippen molar-refractivity contribution < 1.29 is 4.74 Å². The number of nitrogen functional groups attached to an aromatic ring is 1. The Balaban J connectivity index is 1.49. The summed E-state index contributed by atoms with van der Waals surface area (Å²) >= 11 is 0. The molecule has 19 heavy (non-hydrogen) atoms. The molecule has 0 spiro atoms. The zero-order chi connectivity index (χ0) is 13.1. The summed E-state index contributed by atoms with van der Waals surface area (Å²) in [5.74, 6) is 1.85. The molecular formula is C16H24N2O. The van der Waals surface area contributed by atoms with E-state index in [2.05, 4.69) is 4.90 Å². The molecule has 2 atom stereocenters. The lowest BCUT2D eigenvalue weighted by Crippen LogP contribution is -2.44. The summed E-state index contributed by atoms with van der Waals surface area (Å²) in [6.45, 7) is 3.07. The fourth-order valence-electron chi connectivity index (χ4n) is 3.72. The summed E-state index contributed by atoms with van der Waals surface area (Å²) in [4.78, 5) is 2.65. The molecule has 2 N–H and O–H groups in total. The van der Waals surface area contributed by atoms with Crippen LogP contribution < -0.4 is 10.5 Å². The Morgan fingerprint density at radius 2 is 2.11 bits per heavy atom. The van der Waals surface area contributed by atoms with Gasteiger partial charge in [-0.05, 0) is 50.3 Å². The third-order valence-corrected chi connectivity index (χ3v) is 4.61. The van der Waals surface area contributed by atoms with Crippen LogP contribution in [0, 0.1) is 5.92 Å². The molecule has 1 aromatic carbocycles. The van der Waals surface area contributed by atoms with Crippen LogP contribution >= 0.6 is 0 Å². The molecule has 1 saturated carbocycles. The molecule has 3 nitrogen and oxygen atoms in total. The second kappa shape index (κ2) is 5.83. The quantitative estimate of drug-likeness (QED) is 0.846. The van der Waals surface area contributed by atoms with Crippen LogP contribution in [-0.2, 0) is 0 Å². The van der Waals surface area contributed by atoms with E-state index in [1.165, 1.54) is 38.6 Å². The van der Waals surface area contributed by atoms with E-state index in [9.17, 15) is 0 Å². The van der Waals surface area contributed by atoms with Gasteiger partial charge in [-0.1, -0.05) is 12.5 Å². The summed E-state index contributed by atoms with van der Waals surface area (Å²) in [7, 11) is 0. The van der Waals surface area contributed by atoms with Gasteiger partial charge in [0.15, 0.2) is 0 Å². The topological polar surface area (TPSA) is 38.5 Å². The van der Waals surface area contributed by atoms with Crippen LogP contribution in [0.1, 0.15) is 32.1 Å². The minimum absolute atomic E-state index is 0.770. The third kappa shape index (κ3) is 3.03. The number of rotatable bonds is 4. The lowest BCUT2D eigenvalue weighted by molar-refractivity contribution is 0.0951. The monoisotopic (exact) mass is 260 g/mol. The largest absolute Gasteiger partial charge is 0.492 e. The molecule has 0 bridgehead atoms. The van der Waals surface area contributed by atoms with Gasteiger partial charge in [0.2, 0.25) is 0 Å². The Morgan fingerprint density at radius 3 is 3.00 bits per heavy atom. The minimum atomic E-state index is 0.770. The van der Waals surface area contributed by atoms with Gasteiger partial charge in [-0.2, -0.15) is 0 Å². The Bertz CT molecular complexity index is 421. The second-order valence-corrected chi connectivity index (χ2v) is 5.86. The summed E-state index contributed by atoms with van der Waals surface area (Å²) in [6.07, 6.45) is 7.05. The standard InChI is InChI=1S/C16H24N2O/c17-14-6-2-7-15(12-14)19-11-10-18-9-3-5-13-4-1-8-16(13)18/h2,6-7,12-13,16H,1,3-5,8-11,17H2. The van der Waals surface area contributed by atoms with Crippen molar-refractivity contribution in [2.75, 3.05) is 25.4 Å². The van der Waals surface area contributed by atoms with E-state index in [1.54, 1.807) is 0 Å². The highest BCUT2D eigenvalue weighted by molar-refractivity contribution is 5.43. The average Bonchev–Trinajstić information content (AvgIpc) is 2.88. The molecular weight excluding hydrogens is 236 g/mol. The van der Waals surface area contributed by atoms with Crippen LogP contribution in [0.4, 0.5) is 5.69 Å². The molecule has 1 aliphatic carbocycles. The van der Waals surface area contributed by atoms with Gasteiger partial charge in [-0.25, -0.2) is 0 Å². The number of anilines is 1. The number of hydrogen-bond acceptors (Lipinski definition) is 3. The predicted molar refractivity (Wildman–Crippen MR) is 78.3 cm³/mol. The number of benzene rings is 1. The molecule has 2 fully saturated rings. The number of fused-ring (bicyclic) bond motifs is 1. The van der Waals surface area contributed by atoms with E-state index in [-0.39, 0.29) is 0 Å². The van der Waals surface area contributed by atoms with Gasteiger partial charge in [0.05, 0.1) is 0 Å². The zero-order valence-electron chi connectivity index (χ0n) is 11.6. The molecule has 3 heteroatoms. The van der Waals surface area contributed by atoms with Crippen LogP contribution in [0.5, 0.6) is 5.75 Å². The van der Waals surface area contributed by atoms with Crippen LogP contribution in [-0.4, -0.2) is 30.6 Å². The molecule has 1 aliphatic heterocycles. The van der Waals surface area contributed by atoms with Crippen molar-refractivity contribution in [3.63, 3.8) is 0 Å². The number of nitrogens with two attached hydrogens (primary N) is 1. The highest BCUT2D eigenvalue weighted by Gasteiger charge is 2.34. The van der Waals surface area contributed by atoms with Gasteiger partial charge < -0.3 is 10.5 Å². The summed E-state index contributed by atoms with van der Waals surface area (Å²) in [5, 5.41) is 0. The molecule has 104 valence electrons.